The van der Waals surface area contributed by atoms with E-state index in [2.05, 4.69) is 27.7 Å². The van der Waals surface area contributed by atoms with Crippen LogP contribution in [0.3, 0.4) is 0 Å². The highest BCUT2D eigenvalue weighted by atomic mass is 31.2. The van der Waals surface area contributed by atoms with Gasteiger partial charge in [-0.3, -0.25) is 4.57 Å². The molecule has 4 nitrogen and oxygen atoms in total. The number of hydrogen-bond donors (Lipinski definition) is 0. The van der Waals surface area contributed by atoms with E-state index < -0.39 is 7.37 Å². The first kappa shape index (κ1) is 25.9. The zero-order chi connectivity index (χ0) is 24.6. The molecule has 0 bridgehead atoms. The van der Waals surface area contributed by atoms with Gasteiger partial charge in [-0.25, -0.2) is 4.79 Å². The molecule has 3 aromatic carbocycles. The molecule has 0 aliphatic heterocycles. The van der Waals surface area contributed by atoms with Crippen molar-refractivity contribution in [3.05, 3.63) is 96.6 Å². The van der Waals surface area contributed by atoms with Gasteiger partial charge in [0.1, 0.15) is 0 Å². The molecule has 0 aromatic heterocycles. The van der Waals surface area contributed by atoms with Gasteiger partial charge in [0.05, 0.1) is 18.8 Å². The summed E-state index contributed by atoms with van der Waals surface area (Å²) in [4.78, 5) is 12.6. The van der Waals surface area contributed by atoms with Crippen molar-refractivity contribution in [3.63, 3.8) is 0 Å². The summed E-state index contributed by atoms with van der Waals surface area (Å²) in [6.07, 6.45) is 0. The fourth-order valence-electron chi connectivity index (χ4n) is 4.19. The Hall–Kier alpha value is -2.68. The summed E-state index contributed by atoms with van der Waals surface area (Å²) < 4.78 is 26.4. The Bertz CT molecular complexity index is 1020. The van der Waals surface area contributed by atoms with Gasteiger partial charge < -0.3 is 9.26 Å². The minimum absolute atomic E-state index is 0.0596. The van der Waals surface area contributed by atoms with Gasteiger partial charge in [0.25, 0.3) is 7.37 Å². The monoisotopic (exact) mass is 478 g/mol. The van der Waals surface area contributed by atoms with Crippen LogP contribution in [0.2, 0.25) is 0 Å². The molecule has 0 N–H and O–H groups in total. The Morgan fingerprint density at radius 2 is 1.09 bits per heavy atom. The highest BCUT2D eigenvalue weighted by molar-refractivity contribution is 7.74. The number of benzene rings is 3. The van der Waals surface area contributed by atoms with E-state index in [0.717, 1.165) is 0 Å². The lowest BCUT2D eigenvalue weighted by atomic mass is 9.78. The first-order valence-electron chi connectivity index (χ1n) is 11.9. The Morgan fingerprint density at radius 3 is 1.53 bits per heavy atom. The highest BCUT2D eigenvalue weighted by Gasteiger charge is 2.34. The van der Waals surface area contributed by atoms with Gasteiger partial charge in [-0.15, -0.1) is 0 Å². The van der Waals surface area contributed by atoms with Crippen molar-refractivity contribution in [2.45, 2.75) is 27.7 Å². The highest BCUT2D eigenvalue weighted by Crippen LogP contribution is 2.46. The van der Waals surface area contributed by atoms with Crippen LogP contribution in [-0.4, -0.2) is 19.2 Å². The second kappa shape index (κ2) is 12.1. The Labute approximate surface area is 203 Å². The predicted octanol–water partition coefficient (Wildman–Crippen LogP) is 6.33. The molecule has 34 heavy (non-hydrogen) atoms. The number of carbonyl (C=O) groups excluding carboxylic acids is 1. The smallest absolute Gasteiger partial charge is 0.338 e. The molecule has 0 saturated heterocycles. The van der Waals surface area contributed by atoms with Gasteiger partial charge in [-0.1, -0.05) is 82.3 Å². The molecule has 180 valence electrons. The summed E-state index contributed by atoms with van der Waals surface area (Å²) in [5.74, 6) is 0.307. The van der Waals surface area contributed by atoms with Crippen molar-refractivity contribution in [2.75, 3.05) is 13.2 Å². The molecule has 0 spiro atoms. The summed E-state index contributed by atoms with van der Waals surface area (Å²) in [6, 6.07) is 27.8. The molecule has 0 fully saturated rings. The summed E-state index contributed by atoms with van der Waals surface area (Å²) in [6.45, 7) is 9.13. The molecular formula is C29H35O4P. The van der Waals surface area contributed by atoms with E-state index in [1.807, 2.05) is 78.9 Å². The maximum Gasteiger partial charge on any atom is 0.338 e. The Balaban J connectivity index is 1.81. The van der Waals surface area contributed by atoms with Crippen molar-refractivity contribution in [1.82, 2.24) is 0 Å². The van der Waals surface area contributed by atoms with Gasteiger partial charge in [0.15, 0.2) is 0 Å². The standard InChI is InChI=1S/C29H35O4P/c1-22(2)27(20-32-29(30)24-14-8-5-9-15-24)28(23(3)4)21-33-34(31,25-16-10-6-11-17-25)26-18-12-7-13-19-26/h5-19,22-23,27-28H,20-21H2,1-4H3. The van der Waals surface area contributed by atoms with Crippen LogP contribution in [-0.2, 0) is 13.8 Å². The minimum atomic E-state index is -3.28. The van der Waals surface area contributed by atoms with Crippen LogP contribution in [0.15, 0.2) is 91.0 Å². The van der Waals surface area contributed by atoms with Crippen LogP contribution < -0.4 is 10.6 Å². The normalized spacial score (nSPS) is 13.6. The molecule has 0 radical (unpaired) electrons. The van der Waals surface area contributed by atoms with Crippen molar-refractivity contribution in [2.24, 2.45) is 23.7 Å². The molecule has 2 atom stereocenters. The Kier molecular flexibility index (Phi) is 9.27. The predicted molar refractivity (Wildman–Crippen MR) is 139 cm³/mol. The molecule has 0 amide bonds. The molecule has 2 unspecified atom stereocenters. The molecule has 0 heterocycles. The molecule has 0 aliphatic carbocycles. The van der Waals surface area contributed by atoms with Crippen molar-refractivity contribution in [1.29, 1.82) is 0 Å². The number of hydrogen-bond acceptors (Lipinski definition) is 4. The van der Waals surface area contributed by atoms with Gasteiger partial charge in [-0.05, 0) is 54.2 Å². The van der Waals surface area contributed by atoms with Crippen LogP contribution in [0.1, 0.15) is 38.1 Å². The molecule has 3 aromatic rings. The molecule has 5 heteroatoms. The first-order valence-corrected chi connectivity index (χ1v) is 13.5. The van der Waals surface area contributed by atoms with E-state index in [1.165, 1.54) is 0 Å². The third-order valence-corrected chi connectivity index (χ3v) is 8.79. The summed E-state index contributed by atoms with van der Waals surface area (Å²) >= 11 is 0. The van der Waals surface area contributed by atoms with Gasteiger partial charge in [0.2, 0.25) is 0 Å². The second-order valence-corrected chi connectivity index (χ2v) is 11.7. The SMILES string of the molecule is CC(C)C(COC(=O)c1ccccc1)C(COP(=O)(c1ccccc1)c1ccccc1)C(C)C. The Morgan fingerprint density at radius 1 is 0.676 bits per heavy atom. The lowest BCUT2D eigenvalue weighted by Gasteiger charge is -2.33. The maximum absolute atomic E-state index is 14.3. The third-order valence-electron chi connectivity index (χ3n) is 6.32. The number of esters is 1. The van der Waals surface area contributed by atoms with E-state index >= 15 is 0 Å². The number of ether oxygens (including phenoxy) is 1. The van der Waals surface area contributed by atoms with E-state index in [9.17, 15) is 9.36 Å². The zero-order valence-electron chi connectivity index (χ0n) is 20.5. The van der Waals surface area contributed by atoms with E-state index in [-0.39, 0.29) is 29.6 Å². The number of carbonyl (C=O) groups is 1. The van der Waals surface area contributed by atoms with Gasteiger partial charge in [-0.2, -0.15) is 0 Å². The van der Waals surface area contributed by atoms with Crippen molar-refractivity contribution < 1.29 is 18.6 Å². The topological polar surface area (TPSA) is 52.6 Å². The summed E-state index contributed by atoms with van der Waals surface area (Å²) in [7, 11) is -3.28. The fraction of sp³-hybridized carbons (Fsp3) is 0.345. The number of rotatable bonds is 11. The molecule has 0 saturated carbocycles. The summed E-state index contributed by atoms with van der Waals surface area (Å²) in [5, 5.41) is 1.36. The van der Waals surface area contributed by atoms with E-state index in [1.54, 1.807) is 12.1 Å². The fourth-order valence-corrected chi connectivity index (χ4v) is 6.30. The van der Waals surface area contributed by atoms with E-state index in [0.29, 0.717) is 29.4 Å². The van der Waals surface area contributed by atoms with Crippen LogP contribution in [0.25, 0.3) is 0 Å². The van der Waals surface area contributed by atoms with Crippen molar-refractivity contribution >= 4 is 23.9 Å². The quantitative estimate of drug-likeness (QED) is 0.239. The lowest BCUT2D eigenvalue weighted by molar-refractivity contribution is 0.0216. The molecule has 3 rings (SSSR count). The second-order valence-electron chi connectivity index (χ2n) is 9.30. The van der Waals surface area contributed by atoms with Crippen LogP contribution in [0.4, 0.5) is 0 Å². The molecular weight excluding hydrogens is 443 g/mol. The van der Waals surface area contributed by atoms with E-state index in [4.69, 9.17) is 9.26 Å². The summed E-state index contributed by atoms with van der Waals surface area (Å²) in [5.41, 5.74) is 0.542. The van der Waals surface area contributed by atoms with Crippen molar-refractivity contribution in [3.8, 4) is 0 Å². The first-order chi connectivity index (χ1) is 16.3. The third kappa shape index (κ3) is 6.46. The molecule has 0 aliphatic rings. The maximum atomic E-state index is 14.3. The largest absolute Gasteiger partial charge is 0.462 e. The lowest BCUT2D eigenvalue weighted by Crippen LogP contribution is -2.34. The van der Waals surface area contributed by atoms with Crippen LogP contribution >= 0.6 is 7.37 Å². The average Bonchev–Trinajstić information content (AvgIpc) is 2.86. The van der Waals surface area contributed by atoms with Gasteiger partial charge in [0, 0.05) is 16.5 Å². The zero-order valence-corrected chi connectivity index (χ0v) is 21.4. The van der Waals surface area contributed by atoms with Gasteiger partial charge >= 0.3 is 5.97 Å². The van der Waals surface area contributed by atoms with Crippen LogP contribution in [0, 0.1) is 23.7 Å². The van der Waals surface area contributed by atoms with Crippen LogP contribution in [0.5, 0.6) is 0 Å². The minimum Gasteiger partial charge on any atom is -0.462 e. The average molecular weight is 479 g/mol.